The van der Waals surface area contributed by atoms with Crippen LogP contribution < -0.4 is 5.32 Å². The van der Waals surface area contributed by atoms with E-state index in [1.165, 1.54) is 0 Å². The molecule has 21 heavy (non-hydrogen) atoms. The van der Waals surface area contributed by atoms with Crippen molar-refractivity contribution in [1.29, 1.82) is 0 Å². The van der Waals surface area contributed by atoms with E-state index in [1.807, 2.05) is 38.1 Å². The van der Waals surface area contributed by atoms with Crippen molar-refractivity contribution in [3.05, 3.63) is 34.3 Å². The van der Waals surface area contributed by atoms with E-state index < -0.39 is 12.8 Å². The molecule has 120 valence electrons. The van der Waals surface area contributed by atoms with E-state index in [0.717, 1.165) is 10.0 Å². The van der Waals surface area contributed by atoms with Gasteiger partial charge in [-0.1, -0.05) is 41.9 Å². The van der Waals surface area contributed by atoms with E-state index in [-0.39, 0.29) is 12.5 Å². The Morgan fingerprint density at radius 2 is 1.81 bits per heavy atom. The average Bonchev–Trinajstić information content (AvgIpc) is 2.36. The second-order valence-electron chi connectivity index (χ2n) is 5.39. The zero-order valence-corrected chi connectivity index (χ0v) is 13.8. The number of ether oxygens (including phenoxy) is 1. The zero-order valence-electron chi connectivity index (χ0n) is 12.2. The maximum Gasteiger partial charge on any atom is 0.411 e. The van der Waals surface area contributed by atoms with Crippen molar-refractivity contribution in [2.75, 3.05) is 19.8 Å². The molecule has 6 heteroatoms. The standard InChI is InChI=1S/C15H21BrF3NO/c1-11(2)20-8-13(9-21-10-15(17,18)19)7-12-3-5-14(16)6-4-12/h3-6,11,13,20H,7-10H2,1-2H3. The summed E-state index contributed by atoms with van der Waals surface area (Å²) in [5.74, 6) is 0.0101. The number of hydrogen-bond donors (Lipinski definition) is 1. The third-order valence-corrected chi connectivity index (χ3v) is 3.40. The molecule has 1 aromatic carbocycles. The van der Waals surface area contributed by atoms with Gasteiger partial charge in [-0.15, -0.1) is 0 Å². The molecule has 0 aliphatic carbocycles. The van der Waals surface area contributed by atoms with Gasteiger partial charge < -0.3 is 10.1 Å². The van der Waals surface area contributed by atoms with Crippen molar-refractivity contribution < 1.29 is 17.9 Å². The summed E-state index contributed by atoms with van der Waals surface area (Å²) in [6, 6.07) is 8.09. The molecule has 0 aliphatic heterocycles. The molecule has 2 nitrogen and oxygen atoms in total. The lowest BCUT2D eigenvalue weighted by Crippen LogP contribution is -2.33. The fourth-order valence-corrected chi connectivity index (χ4v) is 2.15. The van der Waals surface area contributed by atoms with Crippen LogP contribution in [0.4, 0.5) is 13.2 Å². The van der Waals surface area contributed by atoms with Gasteiger partial charge in [-0.3, -0.25) is 0 Å². The van der Waals surface area contributed by atoms with Gasteiger partial charge in [0.25, 0.3) is 0 Å². The summed E-state index contributed by atoms with van der Waals surface area (Å²) >= 11 is 3.36. The van der Waals surface area contributed by atoms with Gasteiger partial charge >= 0.3 is 6.18 Å². The molecule has 0 amide bonds. The summed E-state index contributed by atoms with van der Waals surface area (Å²) in [7, 11) is 0. The minimum atomic E-state index is -4.27. The smallest absolute Gasteiger partial charge is 0.372 e. The Hall–Kier alpha value is -0.590. The van der Waals surface area contributed by atoms with Gasteiger partial charge in [-0.2, -0.15) is 13.2 Å². The van der Waals surface area contributed by atoms with E-state index in [2.05, 4.69) is 21.2 Å². The van der Waals surface area contributed by atoms with Gasteiger partial charge in [0.05, 0.1) is 6.61 Å². The Balaban J connectivity index is 2.52. The fraction of sp³-hybridized carbons (Fsp3) is 0.600. The first-order valence-electron chi connectivity index (χ1n) is 6.88. The van der Waals surface area contributed by atoms with Crippen LogP contribution in [0.15, 0.2) is 28.7 Å². The summed E-state index contributed by atoms with van der Waals surface area (Å²) in [6.07, 6.45) is -3.58. The first-order chi connectivity index (χ1) is 9.76. The van der Waals surface area contributed by atoms with Crippen LogP contribution in [-0.4, -0.2) is 32.0 Å². The molecule has 0 spiro atoms. The maximum absolute atomic E-state index is 12.1. The third kappa shape index (κ3) is 9.11. The molecular formula is C15H21BrF3NO. The number of nitrogens with one attached hydrogen (secondary N) is 1. The fourth-order valence-electron chi connectivity index (χ4n) is 1.89. The molecule has 1 unspecified atom stereocenters. The largest absolute Gasteiger partial charge is 0.411 e. The van der Waals surface area contributed by atoms with Gasteiger partial charge in [0.15, 0.2) is 0 Å². The summed E-state index contributed by atoms with van der Waals surface area (Å²) < 4.78 is 42.2. The highest BCUT2D eigenvalue weighted by Crippen LogP contribution is 2.17. The highest BCUT2D eigenvalue weighted by atomic mass is 79.9. The van der Waals surface area contributed by atoms with Crippen LogP contribution in [0.1, 0.15) is 19.4 Å². The summed E-state index contributed by atoms with van der Waals surface area (Å²) in [4.78, 5) is 0. The predicted octanol–water partition coefficient (Wildman–Crippen LogP) is 4.18. The Kier molecular flexibility index (Phi) is 7.70. The van der Waals surface area contributed by atoms with Crippen molar-refractivity contribution >= 4 is 15.9 Å². The van der Waals surface area contributed by atoms with E-state index in [0.29, 0.717) is 19.0 Å². The summed E-state index contributed by atoms with van der Waals surface area (Å²) in [6.45, 7) is 3.55. The molecule has 0 aromatic heterocycles. The molecule has 0 heterocycles. The number of benzene rings is 1. The van der Waals surface area contributed by atoms with Crippen LogP contribution in [0, 0.1) is 5.92 Å². The van der Waals surface area contributed by atoms with Crippen LogP contribution in [0.5, 0.6) is 0 Å². The molecule has 0 fully saturated rings. The van der Waals surface area contributed by atoms with Gasteiger partial charge in [-0.05, 0) is 30.0 Å². The van der Waals surface area contributed by atoms with Gasteiger partial charge in [-0.25, -0.2) is 0 Å². The lowest BCUT2D eigenvalue weighted by Gasteiger charge is -2.20. The Labute approximate surface area is 132 Å². The molecule has 0 aliphatic rings. The molecule has 0 saturated carbocycles. The molecule has 1 atom stereocenters. The second-order valence-corrected chi connectivity index (χ2v) is 6.31. The van der Waals surface area contributed by atoms with Gasteiger partial charge in [0.2, 0.25) is 0 Å². The minimum absolute atomic E-state index is 0.0101. The van der Waals surface area contributed by atoms with Crippen molar-refractivity contribution in [2.24, 2.45) is 5.92 Å². The number of rotatable bonds is 8. The first-order valence-corrected chi connectivity index (χ1v) is 7.68. The Morgan fingerprint density at radius 3 is 2.33 bits per heavy atom. The molecule has 1 N–H and O–H groups in total. The van der Waals surface area contributed by atoms with Crippen molar-refractivity contribution in [3.63, 3.8) is 0 Å². The quantitative estimate of drug-likeness (QED) is 0.743. The second kappa shape index (κ2) is 8.76. The van der Waals surface area contributed by atoms with Crippen molar-refractivity contribution in [3.8, 4) is 0 Å². The first kappa shape index (κ1) is 18.5. The monoisotopic (exact) mass is 367 g/mol. The van der Waals surface area contributed by atoms with Gasteiger partial charge in [0.1, 0.15) is 6.61 Å². The van der Waals surface area contributed by atoms with E-state index >= 15 is 0 Å². The van der Waals surface area contributed by atoms with Crippen LogP contribution in [0.25, 0.3) is 0 Å². The number of alkyl halides is 3. The highest BCUT2D eigenvalue weighted by Gasteiger charge is 2.28. The molecule has 0 radical (unpaired) electrons. The topological polar surface area (TPSA) is 21.3 Å². The van der Waals surface area contributed by atoms with E-state index in [1.54, 1.807) is 0 Å². The number of hydrogen-bond acceptors (Lipinski definition) is 2. The van der Waals surface area contributed by atoms with Crippen LogP contribution in [-0.2, 0) is 11.2 Å². The van der Waals surface area contributed by atoms with Gasteiger partial charge in [0, 0.05) is 17.1 Å². The van der Waals surface area contributed by atoms with Crippen molar-refractivity contribution in [2.45, 2.75) is 32.5 Å². The Bertz CT molecular complexity index is 406. The Morgan fingerprint density at radius 1 is 1.19 bits per heavy atom. The highest BCUT2D eigenvalue weighted by molar-refractivity contribution is 9.10. The SMILES string of the molecule is CC(C)NCC(COCC(F)(F)F)Cc1ccc(Br)cc1. The van der Waals surface area contributed by atoms with Crippen LogP contribution >= 0.6 is 15.9 Å². The van der Waals surface area contributed by atoms with Crippen LogP contribution in [0.2, 0.25) is 0 Å². The summed E-state index contributed by atoms with van der Waals surface area (Å²) in [5.41, 5.74) is 1.09. The number of halogens is 4. The summed E-state index contributed by atoms with van der Waals surface area (Å²) in [5, 5.41) is 3.25. The lowest BCUT2D eigenvalue weighted by atomic mass is 10.00. The third-order valence-electron chi connectivity index (χ3n) is 2.87. The normalized spacial score (nSPS) is 13.7. The molecule has 0 bridgehead atoms. The molecule has 1 rings (SSSR count). The van der Waals surface area contributed by atoms with E-state index in [9.17, 15) is 13.2 Å². The average molecular weight is 368 g/mol. The minimum Gasteiger partial charge on any atom is -0.372 e. The molecular weight excluding hydrogens is 347 g/mol. The molecule has 0 saturated heterocycles. The maximum atomic E-state index is 12.1. The predicted molar refractivity (Wildman–Crippen MR) is 81.3 cm³/mol. The van der Waals surface area contributed by atoms with Crippen molar-refractivity contribution in [1.82, 2.24) is 5.32 Å². The molecule has 1 aromatic rings. The van der Waals surface area contributed by atoms with E-state index in [4.69, 9.17) is 4.74 Å². The van der Waals surface area contributed by atoms with Crippen LogP contribution in [0.3, 0.4) is 0 Å². The zero-order chi connectivity index (χ0) is 15.9. The lowest BCUT2D eigenvalue weighted by molar-refractivity contribution is -0.176.